The van der Waals surface area contributed by atoms with Crippen LogP contribution in [0, 0.1) is 13.8 Å². The van der Waals surface area contributed by atoms with Gasteiger partial charge >= 0.3 is 0 Å². The summed E-state index contributed by atoms with van der Waals surface area (Å²) in [5, 5.41) is 0.794. The van der Waals surface area contributed by atoms with E-state index >= 15 is 0 Å². The second kappa shape index (κ2) is 7.66. The lowest BCUT2D eigenvalue weighted by atomic mass is 9.89. The molecule has 22 heavy (non-hydrogen) atoms. The number of halogens is 1. The van der Waals surface area contributed by atoms with Gasteiger partial charge in [-0.3, -0.25) is 0 Å². The minimum absolute atomic E-state index is 0.195. The van der Waals surface area contributed by atoms with Crippen LogP contribution in [0.2, 0.25) is 5.02 Å². The molecule has 0 aromatic heterocycles. The molecule has 118 valence electrons. The van der Waals surface area contributed by atoms with Gasteiger partial charge in [-0.1, -0.05) is 35.9 Å². The highest BCUT2D eigenvalue weighted by Crippen LogP contribution is 2.33. The second-order valence-electron chi connectivity index (χ2n) is 5.64. The van der Waals surface area contributed by atoms with Gasteiger partial charge in [0.25, 0.3) is 0 Å². The van der Waals surface area contributed by atoms with E-state index < -0.39 is 0 Å². The van der Waals surface area contributed by atoms with E-state index in [9.17, 15) is 0 Å². The maximum atomic E-state index is 6.30. The van der Waals surface area contributed by atoms with Gasteiger partial charge in [-0.05, 0) is 68.1 Å². The van der Waals surface area contributed by atoms with Crippen molar-refractivity contribution in [3.8, 4) is 5.75 Å². The summed E-state index contributed by atoms with van der Waals surface area (Å²) in [7, 11) is 0. The van der Waals surface area contributed by atoms with Gasteiger partial charge < -0.3 is 10.5 Å². The largest absolute Gasteiger partial charge is 0.494 e. The summed E-state index contributed by atoms with van der Waals surface area (Å²) >= 11 is 6.30. The Labute approximate surface area is 138 Å². The van der Waals surface area contributed by atoms with Crippen LogP contribution in [-0.4, -0.2) is 13.2 Å². The van der Waals surface area contributed by atoms with Crippen LogP contribution in [0.25, 0.3) is 0 Å². The fraction of sp³-hybridized carbons (Fsp3) is 0.368. The molecule has 1 unspecified atom stereocenters. The molecule has 0 fully saturated rings. The predicted molar refractivity (Wildman–Crippen MR) is 94.0 cm³/mol. The van der Waals surface area contributed by atoms with E-state index in [1.165, 1.54) is 16.7 Å². The van der Waals surface area contributed by atoms with E-state index in [0.29, 0.717) is 13.2 Å². The number of benzene rings is 2. The molecular formula is C19H24ClNO. The van der Waals surface area contributed by atoms with E-state index in [1.54, 1.807) is 0 Å². The first-order chi connectivity index (χ1) is 10.6. The highest BCUT2D eigenvalue weighted by molar-refractivity contribution is 6.31. The third kappa shape index (κ3) is 3.82. The van der Waals surface area contributed by atoms with E-state index in [2.05, 4.69) is 32.0 Å². The maximum absolute atomic E-state index is 6.30. The van der Waals surface area contributed by atoms with Crippen LogP contribution in [0.3, 0.4) is 0 Å². The average Bonchev–Trinajstić information content (AvgIpc) is 2.50. The monoisotopic (exact) mass is 317 g/mol. The SMILES string of the molecule is CCOc1cc(C)c(C)cc1C(CN)Cc1ccccc1Cl. The van der Waals surface area contributed by atoms with Crippen LogP contribution in [0.15, 0.2) is 36.4 Å². The van der Waals surface area contributed by atoms with E-state index in [4.69, 9.17) is 22.1 Å². The summed E-state index contributed by atoms with van der Waals surface area (Å²) in [6.07, 6.45) is 0.818. The van der Waals surface area contributed by atoms with Gasteiger partial charge in [-0.15, -0.1) is 0 Å². The Balaban J connectivity index is 2.38. The van der Waals surface area contributed by atoms with Crippen molar-refractivity contribution in [3.63, 3.8) is 0 Å². The smallest absolute Gasteiger partial charge is 0.123 e. The van der Waals surface area contributed by atoms with Crippen LogP contribution < -0.4 is 10.5 Å². The minimum Gasteiger partial charge on any atom is -0.494 e. The van der Waals surface area contributed by atoms with Gasteiger partial charge in [0.1, 0.15) is 5.75 Å². The molecule has 0 aliphatic heterocycles. The first kappa shape index (κ1) is 16.9. The normalized spacial score (nSPS) is 12.2. The zero-order chi connectivity index (χ0) is 16.1. The number of hydrogen-bond donors (Lipinski definition) is 1. The van der Waals surface area contributed by atoms with Gasteiger partial charge in [-0.25, -0.2) is 0 Å². The van der Waals surface area contributed by atoms with Crippen molar-refractivity contribution in [2.24, 2.45) is 5.73 Å². The number of aryl methyl sites for hydroxylation is 2. The molecule has 0 heterocycles. The van der Waals surface area contributed by atoms with Crippen molar-refractivity contribution >= 4 is 11.6 Å². The summed E-state index contributed by atoms with van der Waals surface area (Å²) in [5.41, 5.74) is 10.9. The number of nitrogens with two attached hydrogens (primary N) is 1. The zero-order valence-electron chi connectivity index (χ0n) is 13.5. The van der Waals surface area contributed by atoms with E-state index in [0.717, 1.165) is 22.8 Å². The molecule has 0 aliphatic carbocycles. The van der Waals surface area contributed by atoms with Crippen LogP contribution in [0.5, 0.6) is 5.75 Å². The molecule has 2 aromatic carbocycles. The van der Waals surface area contributed by atoms with E-state index in [-0.39, 0.29) is 5.92 Å². The molecule has 0 aliphatic rings. The average molecular weight is 318 g/mol. The molecule has 1 atom stereocenters. The first-order valence-corrected chi connectivity index (χ1v) is 8.12. The lowest BCUT2D eigenvalue weighted by molar-refractivity contribution is 0.333. The van der Waals surface area contributed by atoms with Crippen LogP contribution in [0.1, 0.15) is 35.1 Å². The molecular weight excluding hydrogens is 294 g/mol. The summed E-state index contributed by atoms with van der Waals surface area (Å²) in [6.45, 7) is 7.45. The molecule has 2 rings (SSSR count). The maximum Gasteiger partial charge on any atom is 0.123 e. The van der Waals surface area contributed by atoms with Gasteiger partial charge in [0, 0.05) is 10.9 Å². The lowest BCUT2D eigenvalue weighted by Gasteiger charge is -2.21. The Morgan fingerprint density at radius 3 is 2.45 bits per heavy atom. The molecule has 2 nitrogen and oxygen atoms in total. The summed E-state index contributed by atoms with van der Waals surface area (Å²) in [5.74, 6) is 1.13. The molecule has 3 heteroatoms. The zero-order valence-corrected chi connectivity index (χ0v) is 14.3. The highest BCUT2D eigenvalue weighted by Gasteiger charge is 2.18. The number of rotatable bonds is 6. The quantitative estimate of drug-likeness (QED) is 0.842. The van der Waals surface area contributed by atoms with Crippen LogP contribution in [-0.2, 0) is 6.42 Å². The molecule has 0 bridgehead atoms. The molecule has 0 amide bonds. The van der Waals surface area contributed by atoms with Crippen LogP contribution >= 0.6 is 11.6 Å². The molecule has 0 radical (unpaired) electrons. The molecule has 2 N–H and O–H groups in total. The van der Waals surface area contributed by atoms with Gasteiger partial charge in [0.15, 0.2) is 0 Å². The lowest BCUT2D eigenvalue weighted by Crippen LogP contribution is -2.17. The predicted octanol–water partition coefficient (Wildman–Crippen LogP) is 4.64. The molecule has 2 aromatic rings. The van der Waals surface area contributed by atoms with Crippen molar-refractivity contribution in [1.82, 2.24) is 0 Å². The number of hydrogen-bond acceptors (Lipinski definition) is 2. The molecule has 0 saturated heterocycles. The Hall–Kier alpha value is -1.51. The third-order valence-electron chi connectivity index (χ3n) is 4.07. The standard InChI is InChI=1S/C19H24ClNO/c1-4-22-19-10-14(3)13(2)9-17(19)16(12-21)11-15-7-5-6-8-18(15)20/h5-10,16H,4,11-12,21H2,1-3H3. The summed E-state index contributed by atoms with van der Waals surface area (Å²) < 4.78 is 5.84. The minimum atomic E-state index is 0.195. The Morgan fingerprint density at radius 2 is 1.82 bits per heavy atom. The van der Waals surface area contributed by atoms with Crippen LogP contribution in [0.4, 0.5) is 0 Å². The summed E-state index contributed by atoms with van der Waals surface area (Å²) in [4.78, 5) is 0. The van der Waals surface area contributed by atoms with E-state index in [1.807, 2.05) is 25.1 Å². The Kier molecular flexibility index (Phi) is 5.87. The topological polar surface area (TPSA) is 35.2 Å². The Morgan fingerprint density at radius 1 is 1.14 bits per heavy atom. The second-order valence-corrected chi connectivity index (χ2v) is 6.04. The summed E-state index contributed by atoms with van der Waals surface area (Å²) in [6, 6.07) is 12.3. The van der Waals surface area contributed by atoms with Crippen molar-refractivity contribution in [2.75, 3.05) is 13.2 Å². The molecule has 0 saturated carbocycles. The van der Waals surface area contributed by atoms with Gasteiger partial charge in [0.2, 0.25) is 0 Å². The van der Waals surface area contributed by atoms with Gasteiger partial charge in [-0.2, -0.15) is 0 Å². The van der Waals surface area contributed by atoms with Crippen molar-refractivity contribution < 1.29 is 4.74 Å². The van der Waals surface area contributed by atoms with Gasteiger partial charge in [0.05, 0.1) is 6.61 Å². The third-order valence-corrected chi connectivity index (χ3v) is 4.44. The Bertz CT molecular complexity index is 639. The number of ether oxygens (including phenoxy) is 1. The molecule has 0 spiro atoms. The van der Waals surface area contributed by atoms with Crippen molar-refractivity contribution in [2.45, 2.75) is 33.1 Å². The first-order valence-electron chi connectivity index (χ1n) is 7.74. The fourth-order valence-corrected chi connectivity index (χ4v) is 2.87. The fourth-order valence-electron chi connectivity index (χ4n) is 2.66. The highest BCUT2D eigenvalue weighted by atomic mass is 35.5. The van der Waals surface area contributed by atoms with Crippen molar-refractivity contribution in [1.29, 1.82) is 0 Å². The van der Waals surface area contributed by atoms with Crippen molar-refractivity contribution in [3.05, 3.63) is 63.7 Å².